The van der Waals surface area contributed by atoms with Crippen LogP contribution in [0.25, 0.3) is 11.1 Å². The molecule has 2 aromatic carbocycles. The number of pyridine rings is 1. The molecular weight excluding hydrogens is 419 g/mol. The van der Waals surface area contributed by atoms with Crippen molar-refractivity contribution >= 4 is 21.5 Å². The van der Waals surface area contributed by atoms with Crippen LogP contribution in [0.5, 0.6) is 5.75 Å². The molecule has 0 radical (unpaired) electrons. The zero-order valence-electron chi connectivity index (χ0n) is 16.0. The standard InChI is InChI=1S/C20H18F3N3O3S/c1-24-30(27,28)18-12-13(5-10-17(18)29-2)16-4-3-11-25-19(16)26-15-8-6-14(7-9-15)20(21,22)23/h3-12,24H,1-2H3,(H,25,26). The van der Waals surface area contributed by atoms with Crippen LogP contribution in [0.3, 0.4) is 0 Å². The molecule has 0 aliphatic carbocycles. The molecule has 0 atom stereocenters. The first kappa shape index (κ1) is 21.6. The van der Waals surface area contributed by atoms with Crippen molar-refractivity contribution in [1.29, 1.82) is 0 Å². The summed E-state index contributed by atoms with van der Waals surface area (Å²) in [5.41, 5.74) is 0.741. The van der Waals surface area contributed by atoms with Crippen molar-refractivity contribution in [3.63, 3.8) is 0 Å². The highest BCUT2D eigenvalue weighted by Crippen LogP contribution is 2.34. The number of rotatable bonds is 6. The summed E-state index contributed by atoms with van der Waals surface area (Å²) in [6, 6.07) is 12.6. The zero-order valence-corrected chi connectivity index (χ0v) is 16.8. The van der Waals surface area contributed by atoms with Crippen LogP contribution in [-0.2, 0) is 16.2 Å². The molecule has 0 saturated carbocycles. The normalized spacial score (nSPS) is 11.9. The summed E-state index contributed by atoms with van der Waals surface area (Å²) in [5, 5.41) is 2.98. The van der Waals surface area contributed by atoms with E-state index in [1.165, 1.54) is 44.6 Å². The minimum Gasteiger partial charge on any atom is -0.495 e. The van der Waals surface area contributed by atoms with Gasteiger partial charge in [-0.3, -0.25) is 0 Å². The molecule has 1 heterocycles. The molecule has 0 fully saturated rings. The lowest BCUT2D eigenvalue weighted by molar-refractivity contribution is -0.137. The Morgan fingerprint density at radius 3 is 2.33 bits per heavy atom. The van der Waals surface area contributed by atoms with Crippen LogP contribution >= 0.6 is 0 Å². The molecule has 0 aliphatic rings. The number of nitrogens with zero attached hydrogens (tertiary/aromatic N) is 1. The number of ether oxygens (including phenoxy) is 1. The molecule has 0 saturated heterocycles. The Morgan fingerprint density at radius 1 is 1.03 bits per heavy atom. The maximum Gasteiger partial charge on any atom is 0.416 e. The Bertz CT molecular complexity index is 1150. The Morgan fingerprint density at radius 2 is 1.73 bits per heavy atom. The van der Waals surface area contributed by atoms with E-state index in [1.807, 2.05) is 0 Å². The molecule has 158 valence electrons. The van der Waals surface area contributed by atoms with Gasteiger partial charge in [-0.15, -0.1) is 0 Å². The molecule has 2 N–H and O–H groups in total. The molecule has 0 unspecified atom stereocenters. The largest absolute Gasteiger partial charge is 0.495 e. The number of benzene rings is 2. The predicted molar refractivity (Wildman–Crippen MR) is 107 cm³/mol. The fraction of sp³-hybridized carbons (Fsp3) is 0.150. The third-order valence-electron chi connectivity index (χ3n) is 4.32. The van der Waals surface area contributed by atoms with Crippen LogP contribution in [0.4, 0.5) is 24.7 Å². The van der Waals surface area contributed by atoms with Crippen molar-refractivity contribution < 1.29 is 26.3 Å². The lowest BCUT2D eigenvalue weighted by Gasteiger charge is -2.14. The van der Waals surface area contributed by atoms with Crippen molar-refractivity contribution in [3.05, 3.63) is 66.4 Å². The molecule has 6 nitrogen and oxygen atoms in total. The van der Waals surface area contributed by atoms with E-state index in [-0.39, 0.29) is 10.6 Å². The Labute approximate surface area is 171 Å². The van der Waals surface area contributed by atoms with Crippen LogP contribution < -0.4 is 14.8 Å². The average molecular weight is 437 g/mol. The highest BCUT2D eigenvalue weighted by atomic mass is 32.2. The van der Waals surface area contributed by atoms with Crippen LogP contribution in [0.1, 0.15) is 5.56 Å². The number of nitrogens with one attached hydrogen (secondary N) is 2. The Balaban J connectivity index is 2.01. The van der Waals surface area contributed by atoms with E-state index in [1.54, 1.807) is 18.2 Å². The van der Waals surface area contributed by atoms with Gasteiger partial charge in [0.15, 0.2) is 0 Å². The van der Waals surface area contributed by atoms with Gasteiger partial charge in [0, 0.05) is 17.4 Å². The van der Waals surface area contributed by atoms with Crippen LogP contribution in [-0.4, -0.2) is 27.6 Å². The van der Waals surface area contributed by atoms with Crippen molar-refractivity contribution in [2.24, 2.45) is 0 Å². The van der Waals surface area contributed by atoms with Crippen molar-refractivity contribution in [2.75, 3.05) is 19.5 Å². The third-order valence-corrected chi connectivity index (χ3v) is 5.75. The summed E-state index contributed by atoms with van der Waals surface area (Å²) in [6.45, 7) is 0. The molecule has 0 aliphatic heterocycles. The van der Waals surface area contributed by atoms with Gasteiger partial charge in [0.05, 0.1) is 12.7 Å². The second-order valence-electron chi connectivity index (χ2n) is 6.17. The van der Waals surface area contributed by atoms with Gasteiger partial charge < -0.3 is 10.1 Å². The van der Waals surface area contributed by atoms with E-state index < -0.39 is 21.8 Å². The predicted octanol–water partition coefficient (Wildman–Crippen LogP) is 4.43. The summed E-state index contributed by atoms with van der Waals surface area (Å²) in [4.78, 5) is 4.20. The third kappa shape index (κ3) is 4.55. The Kier molecular flexibility index (Phi) is 5.99. The van der Waals surface area contributed by atoms with Gasteiger partial charge in [-0.25, -0.2) is 18.1 Å². The smallest absolute Gasteiger partial charge is 0.416 e. The molecule has 30 heavy (non-hydrogen) atoms. The van der Waals surface area contributed by atoms with Gasteiger partial charge in [-0.05, 0) is 61.1 Å². The van der Waals surface area contributed by atoms with Crippen LogP contribution in [0.15, 0.2) is 65.7 Å². The minimum atomic E-state index is -4.42. The number of aromatic nitrogens is 1. The summed E-state index contributed by atoms with van der Waals surface area (Å²) in [6.07, 6.45) is -2.91. The van der Waals surface area contributed by atoms with Gasteiger partial charge in [0.25, 0.3) is 0 Å². The van der Waals surface area contributed by atoms with Crippen LogP contribution in [0, 0.1) is 0 Å². The van der Waals surface area contributed by atoms with Gasteiger partial charge >= 0.3 is 6.18 Å². The van der Waals surface area contributed by atoms with Crippen molar-refractivity contribution in [3.8, 4) is 16.9 Å². The van der Waals surface area contributed by atoms with Gasteiger partial charge in [0.2, 0.25) is 10.0 Å². The van der Waals surface area contributed by atoms with Gasteiger partial charge in [-0.1, -0.05) is 6.07 Å². The monoisotopic (exact) mass is 437 g/mol. The van der Waals surface area contributed by atoms with E-state index in [9.17, 15) is 21.6 Å². The molecular formula is C20H18F3N3O3S. The fourth-order valence-corrected chi connectivity index (χ4v) is 3.70. The van der Waals surface area contributed by atoms with Crippen molar-refractivity contribution in [2.45, 2.75) is 11.1 Å². The lowest BCUT2D eigenvalue weighted by atomic mass is 10.1. The summed E-state index contributed by atoms with van der Waals surface area (Å²) in [7, 11) is -1.12. The molecule has 0 amide bonds. The quantitative estimate of drug-likeness (QED) is 0.597. The van der Waals surface area contributed by atoms with Crippen molar-refractivity contribution in [1.82, 2.24) is 9.71 Å². The average Bonchev–Trinajstić information content (AvgIpc) is 2.73. The van der Waals surface area contributed by atoms with E-state index in [4.69, 9.17) is 4.74 Å². The number of alkyl halides is 3. The maximum atomic E-state index is 12.8. The van der Waals surface area contributed by atoms with Gasteiger partial charge in [-0.2, -0.15) is 13.2 Å². The zero-order chi connectivity index (χ0) is 21.9. The Hall–Kier alpha value is -3.11. The fourth-order valence-electron chi connectivity index (χ4n) is 2.78. The van der Waals surface area contributed by atoms with E-state index >= 15 is 0 Å². The summed E-state index contributed by atoms with van der Waals surface area (Å²) in [5.74, 6) is 0.532. The molecule has 1 aromatic heterocycles. The number of hydrogen-bond acceptors (Lipinski definition) is 5. The number of methoxy groups -OCH3 is 1. The highest BCUT2D eigenvalue weighted by Gasteiger charge is 2.30. The number of anilines is 2. The number of hydrogen-bond donors (Lipinski definition) is 2. The highest BCUT2D eigenvalue weighted by molar-refractivity contribution is 7.89. The second kappa shape index (κ2) is 8.33. The summed E-state index contributed by atoms with van der Waals surface area (Å²) < 4.78 is 70.4. The van der Waals surface area contributed by atoms with E-state index in [2.05, 4.69) is 15.0 Å². The minimum absolute atomic E-state index is 0.0469. The molecule has 3 aromatic rings. The molecule has 3 rings (SSSR count). The van der Waals surface area contributed by atoms with Crippen LogP contribution in [0.2, 0.25) is 0 Å². The lowest BCUT2D eigenvalue weighted by Crippen LogP contribution is -2.19. The summed E-state index contributed by atoms with van der Waals surface area (Å²) >= 11 is 0. The first-order chi connectivity index (χ1) is 14.2. The topological polar surface area (TPSA) is 80.3 Å². The maximum absolute atomic E-state index is 12.8. The second-order valence-corrected chi connectivity index (χ2v) is 8.03. The molecule has 0 bridgehead atoms. The number of sulfonamides is 1. The first-order valence-electron chi connectivity index (χ1n) is 8.67. The molecule has 10 heteroatoms. The van der Waals surface area contributed by atoms with Gasteiger partial charge in [0.1, 0.15) is 16.5 Å². The molecule has 0 spiro atoms. The SMILES string of the molecule is CNS(=O)(=O)c1cc(-c2cccnc2Nc2ccc(C(F)(F)F)cc2)ccc1OC. The first-order valence-corrected chi connectivity index (χ1v) is 10.2. The number of halogens is 3. The van der Waals surface area contributed by atoms with E-state index in [0.717, 1.165) is 12.1 Å². The van der Waals surface area contributed by atoms with E-state index in [0.29, 0.717) is 22.6 Å².